The van der Waals surface area contributed by atoms with Gasteiger partial charge in [0, 0.05) is 29.9 Å². The molecule has 0 spiro atoms. The zero-order chi connectivity index (χ0) is 21.5. The highest BCUT2D eigenvalue weighted by atomic mass is 35.5. The van der Waals surface area contributed by atoms with Crippen LogP contribution < -0.4 is 15.1 Å². The topological polar surface area (TPSA) is 104 Å². The number of carbonyl (C=O) groups is 2. The van der Waals surface area contributed by atoms with Gasteiger partial charge in [-0.25, -0.2) is 14.5 Å². The van der Waals surface area contributed by atoms with Crippen molar-refractivity contribution >= 4 is 35.1 Å². The number of benzene rings is 1. The summed E-state index contributed by atoms with van der Waals surface area (Å²) in [4.78, 5) is 31.9. The van der Waals surface area contributed by atoms with E-state index in [9.17, 15) is 9.59 Å². The number of carboxylic acid groups (broad SMARTS) is 1. The highest BCUT2D eigenvalue weighted by Gasteiger charge is 2.33. The number of halogens is 1. The van der Waals surface area contributed by atoms with Crippen LogP contribution >= 0.6 is 11.6 Å². The van der Waals surface area contributed by atoms with Crippen LogP contribution in [0.25, 0.3) is 5.69 Å². The predicted molar refractivity (Wildman–Crippen MR) is 115 cm³/mol. The van der Waals surface area contributed by atoms with Gasteiger partial charge >= 0.3 is 6.09 Å². The van der Waals surface area contributed by atoms with Gasteiger partial charge in [0.25, 0.3) is 5.91 Å². The number of fused-ring (bicyclic) bond motifs is 1. The Bertz CT molecular complexity index is 1140. The van der Waals surface area contributed by atoms with Crippen LogP contribution in [0.2, 0.25) is 5.02 Å². The maximum atomic E-state index is 12.9. The molecule has 0 saturated carbocycles. The third-order valence-electron chi connectivity index (χ3n) is 5.54. The molecule has 1 atom stereocenters. The van der Waals surface area contributed by atoms with Crippen LogP contribution in [0.15, 0.2) is 48.8 Å². The molecule has 9 nitrogen and oxygen atoms in total. The molecular weight excluding hydrogens is 420 g/mol. The second-order valence-corrected chi connectivity index (χ2v) is 8.01. The maximum absolute atomic E-state index is 12.9. The van der Waals surface area contributed by atoms with Gasteiger partial charge in [0.2, 0.25) is 0 Å². The lowest BCUT2D eigenvalue weighted by Crippen LogP contribution is -2.36. The smallest absolute Gasteiger partial charge is 0.404 e. The number of carbonyl (C=O) groups excluding carboxylic acids is 1. The number of anilines is 2. The van der Waals surface area contributed by atoms with Gasteiger partial charge in [0.1, 0.15) is 5.82 Å². The van der Waals surface area contributed by atoms with Gasteiger partial charge in [-0.3, -0.25) is 4.79 Å². The second-order valence-electron chi connectivity index (χ2n) is 7.57. The van der Waals surface area contributed by atoms with Gasteiger partial charge in [-0.2, -0.15) is 5.10 Å². The minimum Gasteiger partial charge on any atom is -0.465 e. The Balaban J connectivity index is 1.29. The van der Waals surface area contributed by atoms with E-state index in [0.29, 0.717) is 29.5 Å². The number of aromatic nitrogens is 3. The van der Waals surface area contributed by atoms with Crippen molar-refractivity contribution in [3.63, 3.8) is 0 Å². The Morgan fingerprint density at radius 1 is 1.16 bits per heavy atom. The molecule has 2 N–H and O–H groups in total. The first kappa shape index (κ1) is 19.4. The van der Waals surface area contributed by atoms with Crippen molar-refractivity contribution in [2.24, 2.45) is 0 Å². The predicted octanol–water partition coefficient (Wildman–Crippen LogP) is 2.93. The van der Waals surface area contributed by atoms with E-state index >= 15 is 0 Å². The fourth-order valence-electron chi connectivity index (χ4n) is 4.00. The van der Waals surface area contributed by atoms with Crippen molar-refractivity contribution in [3.8, 4) is 5.69 Å². The number of nitrogens with zero attached hydrogens (tertiary/aromatic N) is 5. The van der Waals surface area contributed by atoms with Crippen LogP contribution in [0, 0.1) is 0 Å². The minimum absolute atomic E-state index is 0.105. The lowest BCUT2D eigenvalue weighted by atomic mass is 10.3. The van der Waals surface area contributed by atoms with Crippen molar-refractivity contribution < 1.29 is 14.7 Å². The Kier molecular flexibility index (Phi) is 4.74. The summed E-state index contributed by atoms with van der Waals surface area (Å²) in [7, 11) is 0. The quantitative estimate of drug-likeness (QED) is 0.649. The lowest BCUT2D eigenvalue weighted by Gasteiger charge is -2.20. The molecule has 2 aromatic heterocycles. The standard InChI is InChI=1S/C21H19ClN6O3/c22-14-1-3-16(4-2-14)28-11-13-10-27(20(29)19(13)25-28)17-5-6-18(23-9-17)26-8-7-15(12-26)24-21(30)31/h1-6,9,11,15,24H,7-8,10,12H2,(H,30,31). The van der Waals surface area contributed by atoms with Gasteiger partial charge in [-0.05, 0) is 42.8 Å². The number of rotatable bonds is 4. The van der Waals surface area contributed by atoms with Gasteiger partial charge in [-0.1, -0.05) is 11.6 Å². The normalized spacial score (nSPS) is 17.8. The molecular formula is C21H19ClN6O3. The number of hydrogen-bond donors (Lipinski definition) is 2. The fourth-order valence-corrected chi connectivity index (χ4v) is 4.12. The van der Waals surface area contributed by atoms with E-state index in [0.717, 1.165) is 30.0 Å². The zero-order valence-electron chi connectivity index (χ0n) is 16.4. The van der Waals surface area contributed by atoms with Crippen LogP contribution in [-0.4, -0.2) is 51.0 Å². The van der Waals surface area contributed by atoms with Gasteiger partial charge in [0.15, 0.2) is 5.69 Å². The Morgan fingerprint density at radius 3 is 2.61 bits per heavy atom. The number of hydrogen-bond acceptors (Lipinski definition) is 5. The third-order valence-corrected chi connectivity index (χ3v) is 5.79. The van der Waals surface area contributed by atoms with Crippen molar-refractivity contribution in [1.82, 2.24) is 20.1 Å². The summed E-state index contributed by atoms with van der Waals surface area (Å²) in [6.07, 6.45) is 3.25. The highest BCUT2D eigenvalue weighted by molar-refractivity contribution is 6.30. The average Bonchev–Trinajstić information content (AvgIpc) is 3.45. The van der Waals surface area contributed by atoms with Crippen LogP contribution in [0.3, 0.4) is 0 Å². The van der Waals surface area contributed by atoms with E-state index in [1.54, 1.807) is 27.9 Å². The molecule has 158 valence electrons. The first-order valence-electron chi connectivity index (χ1n) is 9.85. The lowest BCUT2D eigenvalue weighted by molar-refractivity contribution is 0.0991. The van der Waals surface area contributed by atoms with Gasteiger partial charge in [-0.15, -0.1) is 0 Å². The number of amides is 2. The summed E-state index contributed by atoms with van der Waals surface area (Å²) >= 11 is 5.94. The zero-order valence-corrected chi connectivity index (χ0v) is 17.2. The van der Waals surface area contributed by atoms with Gasteiger partial charge in [0.05, 0.1) is 30.2 Å². The SMILES string of the molecule is O=C(O)NC1CCN(c2ccc(N3Cc4cn(-c5ccc(Cl)cc5)nc4C3=O)cn2)C1. The molecule has 1 unspecified atom stereocenters. The van der Waals surface area contributed by atoms with E-state index in [4.69, 9.17) is 16.7 Å². The van der Waals surface area contributed by atoms with E-state index in [1.807, 2.05) is 35.4 Å². The van der Waals surface area contributed by atoms with E-state index in [-0.39, 0.29) is 11.9 Å². The Hall–Kier alpha value is -3.59. The molecule has 2 amide bonds. The largest absolute Gasteiger partial charge is 0.465 e. The van der Waals surface area contributed by atoms with Crippen LogP contribution in [0.4, 0.5) is 16.3 Å². The molecule has 3 aromatic rings. The average molecular weight is 439 g/mol. The summed E-state index contributed by atoms with van der Waals surface area (Å²) in [6.45, 7) is 1.73. The molecule has 5 rings (SSSR count). The first-order valence-corrected chi connectivity index (χ1v) is 10.2. The molecule has 2 aliphatic rings. The van der Waals surface area contributed by atoms with Crippen molar-refractivity contribution in [2.75, 3.05) is 22.9 Å². The van der Waals surface area contributed by atoms with Crippen LogP contribution in [-0.2, 0) is 6.54 Å². The second kappa shape index (κ2) is 7.59. The summed E-state index contributed by atoms with van der Waals surface area (Å²) in [5.41, 5.74) is 2.82. The molecule has 1 saturated heterocycles. The third kappa shape index (κ3) is 3.68. The van der Waals surface area contributed by atoms with E-state index in [1.165, 1.54) is 0 Å². The maximum Gasteiger partial charge on any atom is 0.404 e. The molecule has 10 heteroatoms. The Morgan fingerprint density at radius 2 is 1.94 bits per heavy atom. The first-order chi connectivity index (χ1) is 15.0. The van der Waals surface area contributed by atoms with Crippen LogP contribution in [0.5, 0.6) is 0 Å². The number of pyridine rings is 1. The summed E-state index contributed by atoms with van der Waals surface area (Å²) in [5, 5.41) is 16.5. The molecule has 2 aliphatic heterocycles. The molecule has 0 aliphatic carbocycles. The molecule has 1 fully saturated rings. The number of nitrogens with one attached hydrogen (secondary N) is 1. The molecule has 0 radical (unpaired) electrons. The summed E-state index contributed by atoms with van der Waals surface area (Å²) in [6, 6.07) is 10.9. The summed E-state index contributed by atoms with van der Waals surface area (Å²) < 4.78 is 1.69. The Labute approximate surface area is 182 Å². The molecule has 4 heterocycles. The van der Waals surface area contributed by atoms with E-state index < -0.39 is 6.09 Å². The van der Waals surface area contributed by atoms with Crippen molar-refractivity contribution in [1.29, 1.82) is 0 Å². The van der Waals surface area contributed by atoms with Gasteiger partial charge < -0.3 is 20.2 Å². The molecule has 0 bridgehead atoms. The molecule has 31 heavy (non-hydrogen) atoms. The van der Waals surface area contributed by atoms with Crippen molar-refractivity contribution in [3.05, 3.63) is 65.1 Å². The van der Waals surface area contributed by atoms with Crippen molar-refractivity contribution in [2.45, 2.75) is 19.0 Å². The molecule has 1 aromatic carbocycles. The highest BCUT2D eigenvalue weighted by Crippen LogP contribution is 2.29. The van der Waals surface area contributed by atoms with E-state index in [2.05, 4.69) is 15.4 Å². The summed E-state index contributed by atoms with van der Waals surface area (Å²) in [5.74, 6) is 0.597. The fraction of sp³-hybridized carbons (Fsp3) is 0.238. The monoisotopic (exact) mass is 438 g/mol. The van der Waals surface area contributed by atoms with Crippen LogP contribution in [0.1, 0.15) is 22.5 Å². The minimum atomic E-state index is -1.01.